The Morgan fingerprint density at radius 2 is 2.08 bits per heavy atom. The molecule has 2 aromatic rings. The van der Waals surface area contributed by atoms with E-state index in [0.29, 0.717) is 17.4 Å². The monoisotopic (exact) mass is 331 g/mol. The predicted octanol–water partition coefficient (Wildman–Crippen LogP) is 2.92. The minimum absolute atomic E-state index is 0.000583. The molecule has 0 aromatic carbocycles. The molecule has 1 fully saturated rings. The fourth-order valence-corrected chi connectivity index (χ4v) is 2.92. The molecule has 0 bridgehead atoms. The molecule has 2 heterocycles. The second-order valence-corrected chi connectivity index (χ2v) is 6.05. The number of hydrogen-bond acceptors (Lipinski definition) is 6. The summed E-state index contributed by atoms with van der Waals surface area (Å²) in [5.74, 6) is 0. The third kappa shape index (κ3) is 3.72. The van der Waals surface area contributed by atoms with Gasteiger partial charge in [-0.3, -0.25) is 9.78 Å². The zero-order chi connectivity index (χ0) is 16.9. The van der Waals surface area contributed by atoms with E-state index in [1.165, 1.54) is 6.07 Å². The average molecular weight is 331 g/mol. The van der Waals surface area contributed by atoms with Crippen molar-refractivity contribution in [3.63, 3.8) is 0 Å². The number of aryl methyl sites for hydroxylation is 1. The van der Waals surface area contributed by atoms with Crippen molar-refractivity contribution in [3.05, 3.63) is 32.4 Å². The maximum atomic E-state index is 12.4. The molecule has 24 heavy (non-hydrogen) atoms. The maximum absolute atomic E-state index is 12.4. The first-order valence-electron chi connectivity index (χ1n) is 8.47. The lowest BCUT2D eigenvalue weighted by molar-refractivity contribution is 0.309. The molecular weight excluding hydrogens is 310 g/mol. The van der Waals surface area contributed by atoms with E-state index in [1.54, 1.807) is 0 Å². The number of H-pyrrole nitrogens is 1. The Morgan fingerprint density at radius 1 is 1.29 bits per heavy atom. The van der Waals surface area contributed by atoms with Crippen LogP contribution in [0.1, 0.15) is 57.4 Å². The molecule has 0 aliphatic heterocycles. The van der Waals surface area contributed by atoms with Crippen LogP contribution in [-0.2, 0) is 6.42 Å². The molecule has 2 aromatic heterocycles. The van der Waals surface area contributed by atoms with Crippen molar-refractivity contribution in [2.75, 3.05) is 0 Å². The SMILES string of the molecule is CCCCCc1cc(=O)oc2nc(ON=C3CCCC3)[nH]c(=O)c12. The molecule has 7 heteroatoms. The van der Waals surface area contributed by atoms with E-state index in [0.717, 1.165) is 50.7 Å². The minimum Gasteiger partial charge on any atom is -0.403 e. The topological polar surface area (TPSA) is 97.5 Å². The number of nitrogens with one attached hydrogen (secondary N) is 1. The fourth-order valence-electron chi connectivity index (χ4n) is 2.92. The molecule has 0 unspecified atom stereocenters. The smallest absolute Gasteiger partial charge is 0.337 e. The van der Waals surface area contributed by atoms with Gasteiger partial charge in [-0.25, -0.2) is 4.79 Å². The van der Waals surface area contributed by atoms with Crippen molar-refractivity contribution in [2.24, 2.45) is 5.16 Å². The van der Waals surface area contributed by atoms with Crippen molar-refractivity contribution < 1.29 is 9.25 Å². The summed E-state index contributed by atoms with van der Waals surface area (Å²) in [6.45, 7) is 2.10. The van der Waals surface area contributed by atoms with Crippen LogP contribution >= 0.6 is 0 Å². The van der Waals surface area contributed by atoms with E-state index in [1.807, 2.05) is 0 Å². The first-order chi connectivity index (χ1) is 11.7. The highest BCUT2D eigenvalue weighted by Gasteiger charge is 2.14. The number of aromatic nitrogens is 2. The van der Waals surface area contributed by atoms with Crippen LogP contribution in [0.4, 0.5) is 0 Å². The summed E-state index contributed by atoms with van der Waals surface area (Å²) in [5.41, 5.74) is 0.723. The fraction of sp³-hybridized carbons (Fsp3) is 0.529. The summed E-state index contributed by atoms with van der Waals surface area (Å²) >= 11 is 0. The Bertz CT molecular complexity index is 858. The molecule has 0 atom stereocenters. The van der Waals surface area contributed by atoms with Gasteiger partial charge in [-0.05, 0) is 44.1 Å². The van der Waals surface area contributed by atoms with Crippen LogP contribution in [0.15, 0.2) is 25.2 Å². The van der Waals surface area contributed by atoms with E-state index in [-0.39, 0.29) is 17.3 Å². The zero-order valence-corrected chi connectivity index (χ0v) is 13.8. The molecule has 128 valence electrons. The first kappa shape index (κ1) is 16.4. The maximum Gasteiger partial charge on any atom is 0.337 e. The second kappa shape index (κ2) is 7.42. The summed E-state index contributed by atoms with van der Waals surface area (Å²) in [6.07, 6.45) is 7.63. The summed E-state index contributed by atoms with van der Waals surface area (Å²) < 4.78 is 5.09. The third-order valence-corrected chi connectivity index (χ3v) is 4.17. The lowest BCUT2D eigenvalue weighted by atomic mass is 10.1. The van der Waals surface area contributed by atoms with Crippen LogP contribution in [-0.4, -0.2) is 15.7 Å². The van der Waals surface area contributed by atoms with Gasteiger partial charge in [-0.1, -0.05) is 24.9 Å². The van der Waals surface area contributed by atoms with Crippen molar-refractivity contribution >= 4 is 16.8 Å². The number of unbranched alkanes of at least 4 members (excludes halogenated alkanes) is 2. The number of aromatic amines is 1. The highest BCUT2D eigenvalue weighted by atomic mass is 16.6. The highest BCUT2D eigenvalue weighted by molar-refractivity contribution is 5.85. The highest BCUT2D eigenvalue weighted by Crippen LogP contribution is 2.17. The standard InChI is InChI=1S/C17H21N3O4/c1-2-3-4-7-11-10-13(21)23-16-14(11)15(22)18-17(19-16)24-20-12-8-5-6-9-12/h10H,2-9H2,1H3,(H,18,19,22). The summed E-state index contributed by atoms with van der Waals surface area (Å²) in [7, 11) is 0. The zero-order valence-electron chi connectivity index (χ0n) is 13.8. The van der Waals surface area contributed by atoms with Crippen LogP contribution in [0, 0.1) is 0 Å². The predicted molar refractivity (Wildman–Crippen MR) is 90.7 cm³/mol. The number of oxime groups is 1. The molecule has 0 spiro atoms. The molecule has 0 radical (unpaired) electrons. The van der Waals surface area contributed by atoms with Gasteiger partial charge in [0.05, 0.1) is 5.71 Å². The van der Waals surface area contributed by atoms with E-state index in [4.69, 9.17) is 9.25 Å². The van der Waals surface area contributed by atoms with Gasteiger partial charge < -0.3 is 9.25 Å². The summed E-state index contributed by atoms with van der Waals surface area (Å²) in [5, 5.41) is 4.32. The lowest BCUT2D eigenvalue weighted by Crippen LogP contribution is -2.14. The molecule has 0 saturated heterocycles. The molecule has 3 rings (SSSR count). The number of rotatable bonds is 6. The van der Waals surface area contributed by atoms with Crippen LogP contribution in [0.5, 0.6) is 6.01 Å². The Morgan fingerprint density at radius 3 is 2.83 bits per heavy atom. The summed E-state index contributed by atoms with van der Waals surface area (Å²) in [6, 6.07) is 1.31. The normalized spacial score (nSPS) is 14.3. The van der Waals surface area contributed by atoms with Gasteiger partial charge in [0.2, 0.25) is 5.71 Å². The van der Waals surface area contributed by atoms with Crippen LogP contribution < -0.4 is 16.0 Å². The quantitative estimate of drug-likeness (QED) is 0.648. The number of nitrogens with zero attached hydrogens (tertiary/aromatic N) is 2. The second-order valence-electron chi connectivity index (χ2n) is 6.05. The molecule has 1 aliphatic rings. The molecule has 7 nitrogen and oxygen atoms in total. The average Bonchev–Trinajstić information content (AvgIpc) is 3.06. The van der Waals surface area contributed by atoms with Crippen molar-refractivity contribution in [1.29, 1.82) is 0 Å². The van der Waals surface area contributed by atoms with E-state index >= 15 is 0 Å². The van der Waals surface area contributed by atoms with E-state index < -0.39 is 5.63 Å². The van der Waals surface area contributed by atoms with Gasteiger partial charge in [0.15, 0.2) is 0 Å². The summed E-state index contributed by atoms with van der Waals surface area (Å²) in [4.78, 5) is 36.0. The van der Waals surface area contributed by atoms with E-state index in [2.05, 4.69) is 22.0 Å². The van der Waals surface area contributed by atoms with Crippen molar-refractivity contribution in [3.8, 4) is 6.01 Å². The largest absolute Gasteiger partial charge is 0.403 e. The van der Waals surface area contributed by atoms with Gasteiger partial charge in [0.25, 0.3) is 5.56 Å². The minimum atomic E-state index is -0.514. The molecule has 0 amide bonds. The number of hydrogen-bond donors (Lipinski definition) is 1. The number of fused-ring (bicyclic) bond motifs is 1. The Kier molecular flexibility index (Phi) is 5.08. The lowest BCUT2D eigenvalue weighted by Gasteiger charge is -2.05. The van der Waals surface area contributed by atoms with E-state index in [9.17, 15) is 9.59 Å². The first-order valence-corrected chi connectivity index (χ1v) is 8.47. The van der Waals surface area contributed by atoms with Crippen LogP contribution in [0.25, 0.3) is 11.1 Å². The van der Waals surface area contributed by atoms with Crippen LogP contribution in [0.2, 0.25) is 0 Å². The Hall–Kier alpha value is -2.44. The van der Waals surface area contributed by atoms with Gasteiger partial charge in [0, 0.05) is 6.07 Å². The van der Waals surface area contributed by atoms with Gasteiger partial charge in [0.1, 0.15) is 5.39 Å². The van der Waals surface area contributed by atoms with Gasteiger partial charge in [-0.15, -0.1) is 0 Å². The van der Waals surface area contributed by atoms with Gasteiger partial charge in [-0.2, -0.15) is 4.98 Å². The Labute approximate surface area is 138 Å². The van der Waals surface area contributed by atoms with Crippen molar-refractivity contribution in [2.45, 2.75) is 58.3 Å². The van der Waals surface area contributed by atoms with Crippen molar-refractivity contribution in [1.82, 2.24) is 9.97 Å². The molecule has 1 saturated carbocycles. The third-order valence-electron chi connectivity index (χ3n) is 4.17. The molecule has 1 N–H and O–H groups in total. The molecule has 1 aliphatic carbocycles. The van der Waals surface area contributed by atoms with Gasteiger partial charge >= 0.3 is 11.6 Å². The van der Waals surface area contributed by atoms with Crippen LogP contribution in [0.3, 0.4) is 0 Å². The molecular formula is C17H21N3O4. The Balaban J connectivity index is 1.94.